The first-order valence-corrected chi connectivity index (χ1v) is 5.69. The second kappa shape index (κ2) is 4.74. The van der Waals surface area contributed by atoms with Gasteiger partial charge in [-0.15, -0.1) is 34.8 Å². The zero-order chi connectivity index (χ0) is 10.8. The number of halogens is 3. The topological polar surface area (TPSA) is 0 Å². The summed E-state index contributed by atoms with van der Waals surface area (Å²) < 4.78 is -0.803. The van der Waals surface area contributed by atoms with Crippen molar-refractivity contribution in [1.82, 2.24) is 0 Å². The highest BCUT2D eigenvalue weighted by atomic mass is 35.5. The van der Waals surface area contributed by atoms with Gasteiger partial charge >= 0.3 is 0 Å². The van der Waals surface area contributed by atoms with Crippen LogP contribution in [0.15, 0.2) is 30.3 Å². The zero-order valence-corrected chi connectivity index (χ0v) is 10.4. The van der Waals surface area contributed by atoms with Gasteiger partial charge in [-0.05, 0) is 12.5 Å². The Balaban J connectivity index is 2.81. The van der Waals surface area contributed by atoms with Crippen LogP contribution in [0.25, 0.3) is 0 Å². The SMILES string of the molecule is CC(C(Cl)c1ccccc1)C(C)(Cl)Cl. The predicted molar refractivity (Wildman–Crippen MR) is 64.3 cm³/mol. The minimum Gasteiger partial charge on any atom is -0.117 e. The molecule has 0 spiro atoms. The van der Waals surface area contributed by atoms with Crippen molar-refractivity contribution in [3.05, 3.63) is 35.9 Å². The van der Waals surface area contributed by atoms with Gasteiger partial charge in [0.1, 0.15) is 4.33 Å². The average Bonchev–Trinajstić information content (AvgIpc) is 2.15. The molecule has 0 N–H and O–H groups in total. The summed E-state index contributed by atoms with van der Waals surface area (Å²) in [5.74, 6) is -0.00472. The van der Waals surface area contributed by atoms with E-state index in [4.69, 9.17) is 34.8 Å². The fraction of sp³-hybridized carbons (Fsp3) is 0.455. The minimum atomic E-state index is -0.803. The summed E-state index contributed by atoms with van der Waals surface area (Å²) in [6, 6.07) is 9.83. The molecule has 0 aromatic heterocycles. The van der Waals surface area contributed by atoms with Gasteiger partial charge in [0.05, 0.1) is 5.38 Å². The molecule has 0 amide bonds. The fourth-order valence-electron chi connectivity index (χ4n) is 1.18. The molecule has 0 nitrogen and oxygen atoms in total. The molecule has 0 saturated carbocycles. The molecule has 0 aliphatic heterocycles. The van der Waals surface area contributed by atoms with E-state index in [-0.39, 0.29) is 11.3 Å². The van der Waals surface area contributed by atoms with E-state index in [2.05, 4.69) is 0 Å². The van der Waals surface area contributed by atoms with Gasteiger partial charge in [0.2, 0.25) is 0 Å². The Hall–Kier alpha value is 0.0900. The van der Waals surface area contributed by atoms with Gasteiger partial charge in [-0.2, -0.15) is 0 Å². The lowest BCUT2D eigenvalue weighted by molar-refractivity contribution is 0.512. The van der Waals surface area contributed by atoms with Crippen LogP contribution >= 0.6 is 34.8 Å². The summed E-state index contributed by atoms with van der Waals surface area (Å²) in [5.41, 5.74) is 1.05. The normalized spacial score (nSPS) is 16.4. The highest BCUT2D eigenvalue weighted by molar-refractivity contribution is 6.48. The standard InChI is InChI=1S/C11H13Cl3/c1-8(11(2,13)14)10(12)9-6-4-3-5-7-9/h3-8,10H,1-2H3. The molecule has 0 bridgehead atoms. The van der Waals surface area contributed by atoms with Crippen LogP contribution in [-0.2, 0) is 0 Å². The number of hydrogen-bond acceptors (Lipinski definition) is 0. The molecular weight excluding hydrogens is 238 g/mol. The molecule has 0 heterocycles. The molecule has 1 aromatic carbocycles. The Morgan fingerprint density at radius 2 is 1.64 bits per heavy atom. The van der Waals surface area contributed by atoms with Crippen molar-refractivity contribution < 1.29 is 0 Å². The van der Waals surface area contributed by atoms with E-state index in [9.17, 15) is 0 Å². The lowest BCUT2D eigenvalue weighted by atomic mass is 9.97. The van der Waals surface area contributed by atoms with E-state index in [1.54, 1.807) is 6.92 Å². The predicted octanol–water partition coefficient (Wildman–Crippen LogP) is 4.80. The number of rotatable bonds is 3. The average molecular weight is 252 g/mol. The van der Waals surface area contributed by atoms with Crippen LogP contribution in [0.5, 0.6) is 0 Å². The van der Waals surface area contributed by atoms with Crippen LogP contribution < -0.4 is 0 Å². The Morgan fingerprint density at radius 3 is 2.07 bits per heavy atom. The maximum atomic E-state index is 6.27. The summed E-state index contributed by atoms with van der Waals surface area (Å²) in [6.45, 7) is 3.71. The third kappa shape index (κ3) is 3.05. The summed E-state index contributed by atoms with van der Waals surface area (Å²) in [5, 5.41) is -0.156. The maximum absolute atomic E-state index is 6.27. The molecular formula is C11H13Cl3. The van der Waals surface area contributed by atoms with Gasteiger partial charge in [-0.3, -0.25) is 0 Å². The third-order valence-corrected chi connectivity index (χ3v) is 3.67. The van der Waals surface area contributed by atoms with Gasteiger partial charge in [-0.25, -0.2) is 0 Å². The number of benzene rings is 1. The van der Waals surface area contributed by atoms with Gasteiger partial charge in [0.25, 0.3) is 0 Å². The molecule has 0 fully saturated rings. The lowest BCUT2D eigenvalue weighted by Crippen LogP contribution is -2.22. The van der Waals surface area contributed by atoms with Gasteiger partial charge < -0.3 is 0 Å². The summed E-state index contributed by atoms with van der Waals surface area (Å²) >= 11 is 18.3. The molecule has 3 heteroatoms. The lowest BCUT2D eigenvalue weighted by Gasteiger charge is -2.26. The first-order chi connectivity index (χ1) is 6.43. The second-order valence-electron chi connectivity index (χ2n) is 3.56. The molecule has 0 aliphatic carbocycles. The Kier molecular flexibility index (Phi) is 4.12. The molecule has 2 atom stereocenters. The minimum absolute atomic E-state index is 0.00472. The van der Waals surface area contributed by atoms with Crippen molar-refractivity contribution in [3.8, 4) is 0 Å². The van der Waals surface area contributed by atoms with Crippen LogP contribution in [0.4, 0.5) is 0 Å². The monoisotopic (exact) mass is 250 g/mol. The van der Waals surface area contributed by atoms with Crippen LogP contribution in [0, 0.1) is 5.92 Å². The highest BCUT2D eigenvalue weighted by Crippen LogP contribution is 2.41. The third-order valence-electron chi connectivity index (χ3n) is 2.36. The van der Waals surface area contributed by atoms with Crippen LogP contribution in [-0.4, -0.2) is 4.33 Å². The van der Waals surface area contributed by atoms with Crippen molar-refractivity contribution >= 4 is 34.8 Å². The molecule has 0 radical (unpaired) electrons. The van der Waals surface area contributed by atoms with Crippen LogP contribution in [0.2, 0.25) is 0 Å². The Morgan fingerprint density at radius 1 is 1.14 bits per heavy atom. The number of hydrogen-bond donors (Lipinski definition) is 0. The molecule has 0 saturated heterocycles. The first-order valence-electron chi connectivity index (χ1n) is 4.49. The smallest absolute Gasteiger partial charge is 0.117 e. The Bertz CT molecular complexity index is 276. The van der Waals surface area contributed by atoms with E-state index in [0.717, 1.165) is 5.56 Å². The molecule has 0 aliphatic rings. The molecule has 14 heavy (non-hydrogen) atoms. The Labute approximate surface area is 100 Å². The van der Waals surface area contributed by atoms with E-state index in [1.165, 1.54) is 0 Å². The van der Waals surface area contributed by atoms with Crippen LogP contribution in [0.3, 0.4) is 0 Å². The molecule has 78 valence electrons. The van der Waals surface area contributed by atoms with Crippen molar-refractivity contribution in [2.45, 2.75) is 23.6 Å². The largest absolute Gasteiger partial charge is 0.119 e. The van der Waals surface area contributed by atoms with Crippen molar-refractivity contribution in [1.29, 1.82) is 0 Å². The van der Waals surface area contributed by atoms with E-state index >= 15 is 0 Å². The van der Waals surface area contributed by atoms with E-state index in [1.807, 2.05) is 37.3 Å². The first kappa shape index (κ1) is 12.2. The van der Waals surface area contributed by atoms with Crippen molar-refractivity contribution in [3.63, 3.8) is 0 Å². The van der Waals surface area contributed by atoms with Crippen molar-refractivity contribution in [2.75, 3.05) is 0 Å². The molecule has 1 rings (SSSR count). The quantitative estimate of drug-likeness (QED) is 0.677. The summed E-state index contributed by atoms with van der Waals surface area (Å²) in [7, 11) is 0. The highest BCUT2D eigenvalue weighted by Gasteiger charge is 2.32. The van der Waals surface area contributed by atoms with E-state index in [0.29, 0.717) is 0 Å². The van der Waals surface area contributed by atoms with Crippen molar-refractivity contribution in [2.24, 2.45) is 5.92 Å². The molecule has 2 unspecified atom stereocenters. The maximum Gasteiger partial charge on any atom is 0.119 e. The fourth-order valence-corrected chi connectivity index (χ4v) is 1.96. The summed E-state index contributed by atoms with van der Waals surface area (Å²) in [6.07, 6.45) is 0. The molecule has 1 aromatic rings. The second-order valence-corrected chi connectivity index (χ2v) is 5.79. The van der Waals surface area contributed by atoms with E-state index < -0.39 is 4.33 Å². The van der Waals surface area contributed by atoms with Gasteiger partial charge in [-0.1, -0.05) is 37.3 Å². The van der Waals surface area contributed by atoms with Crippen LogP contribution in [0.1, 0.15) is 24.8 Å². The number of alkyl halides is 3. The van der Waals surface area contributed by atoms with Gasteiger partial charge in [0.15, 0.2) is 0 Å². The van der Waals surface area contributed by atoms with Gasteiger partial charge in [0, 0.05) is 5.92 Å². The zero-order valence-electron chi connectivity index (χ0n) is 8.18. The summed E-state index contributed by atoms with van der Waals surface area (Å²) in [4.78, 5) is 0.